The monoisotopic (exact) mass is 354 g/mol. The Kier molecular flexibility index (Phi) is 6.42. The van der Waals surface area contributed by atoms with Gasteiger partial charge in [-0.3, -0.25) is 9.89 Å². The Bertz CT molecular complexity index is 692. The molecule has 2 aromatic rings. The highest BCUT2D eigenvalue weighted by Gasteiger charge is 2.16. The number of amides is 1. The van der Waals surface area contributed by atoms with Gasteiger partial charge in [0.1, 0.15) is 5.82 Å². The molecule has 0 bridgehead atoms. The number of hydrogen-bond acceptors (Lipinski definition) is 6. The van der Waals surface area contributed by atoms with E-state index < -0.39 is 0 Å². The number of benzene rings is 1. The van der Waals surface area contributed by atoms with Crippen molar-refractivity contribution in [2.24, 2.45) is 0 Å². The van der Waals surface area contributed by atoms with Crippen LogP contribution in [-0.2, 0) is 9.53 Å². The second-order valence-electron chi connectivity index (χ2n) is 4.94. The molecule has 0 fully saturated rings. The van der Waals surface area contributed by atoms with Crippen LogP contribution in [0.5, 0.6) is 11.5 Å². The van der Waals surface area contributed by atoms with Crippen LogP contribution in [0.1, 0.15) is 0 Å². The predicted molar refractivity (Wildman–Crippen MR) is 90.8 cm³/mol. The molecule has 24 heavy (non-hydrogen) atoms. The lowest BCUT2D eigenvalue weighted by Crippen LogP contribution is -2.30. The molecule has 0 saturated heterocycles. The van der Waals surface area contributed by atoms with E-state index in [4.69, 9.17) is 14.2 Å². The summed E-state index contributed by atoms with van der Waals surface area (Å²) in [6, 6.07) is 5.59. The molecule has 0 radical (unpaired) electrons. The van der Waals surface area contributed by atoms with Gasteiger partial charge in [0.05, 0.1) is 19.3 Å². The fourth-order valence-electron chi connectivity index (χ4n) is 2.22. The van der Waals surface area contributed by atoms with E-state index in [1.807, 2.05) is 18.2 Å². The van der Waals surface area contributed by atoms with Crippen molar-refractivity contribution in [3.05, 3.63) is 24.4 Å². The van der Waals surface area contributed by atoms with Gasteiger partial charge in [0.25, 0.3) is 0 Å². The zero-order valence-corrected chi connectivity index (χ0v) is 13.9. The molecule has 0 spiro atoms. The smallest absolute Gasteiger partial charge is 0.239 e. The second-order valence-corrected chi connectivity index (χ2v) is 4.94. The first kappa shape index (κ1) is 18.1. The van der Waals surface area contributed by atoms with Gasteiger partial charge in [-0.2, -0.15) is 5.10 Å². The molecular weight excluding hydrogens is 336 g/mol. The molecule has 130 valence electrons. The molecule has 1 aliphatic heterocycles. The number of aromatic amines is 1. The number of ether oxygens (including phenoxy) is 3. The second kappa shape index (κ2) is 8.53. The van der Waals surface area contributed by atoms with Crippen LogP contribution in [0.15, 0.2) is 24.4 Å². The summed E-state index contributed by atoms with van der Waals surface area (Å²) in [6.07, 6.45) is 1.66. The lowest BCUT2D eigenvalue weighted by atomic mass is 10.1. The number of halogens is 1. The quantitative estimate of drug-likeness (QED) is 0.650. The molecular formula is C15H19ClN4O4. The fourth-order valence-corrected chi connectivity index (χ4v) is 2.22. The predicted octanol–water partition coefficient (Wildman–Crippen LogP) is 1.40. The van der Waals surface area contributed by atoms with Crippen LogP contribution in [-0.4, -0.2) is 49.7 Å². The van der Waals surface area contributed by atoms with Crippen LogP contribution in [0.25, 0.3) is 11.1 Å². The minimum atomic E-state index is -0.160. The van der Waals surface area contributed by atoms with Crippen LogP contribution in [0.2, 0.25) is 0 Å². The molecule has 0 unspecified atom stereocenters. The first-order chi connectivity index (χ1) is 11.3. The molecule has 9 heteroatoms. The highest BCUT2D eigenvalue weighted by Crippen LogP contribution is 2.37. The van der Waals surface area contributed by atoms with Crippen molar-refractivity contribution < 1.29 is 19.0 Å². The zero-order valence-electron chi connectivity index (χ0n) is 13.1. The van der Waals surface area contributed by atoms with E-state index in [2.05, 4.69) is 20.8 Å². The van der Waals surface area contributed by atoms with Gasteiger partial charge in [0, 0.05) is 19.2 Å². The fraction of sp³-hybridized carbons (Fsp3) is 0.333. The minimum absolute atomic E-state index is 0. The van der Waals surface area contributed by atoms with Crippen molar-refractivity contribution >= 4 is 24.1 Å². The SMILES string of the molecule is COCCNCC(=O)Nc1[nH]ncc1-c1ccc2c(c1)OCO2.Cl. The first-order valence-corrected chi connectivity index (χ1v) is 7.21. The topological polar surface area (TPSA) is 97.5 Å². The summed E-state index contributed by atoms with van der Waals surface area (Å²) in [5.74, 6) is 1.78. The third-order valence-electron chi connectivity index (χ3n) is 3.36. The number of H-pyrrole nitrogens is 1. The number of methoxy groups -OCH3 is 1. The summed E-state index contributed by atoms with van der Waals surface area (Å²) in [6.45, 7) is 1.59. The third kappa shape index (κ3) is 4.16. The Labute approximate surface area is 145 Å². The van der Waals surface area contributed by atoms with E-state index in [0.29, 0.717) is 30.5 Å². The Hall–Kier alpha value is -2.29. The zero-order chi connectivity index (χ0) is 16.1. The van der Waals surface area contributed by atoms with Crippen LogP contribution in [0, 0.1) is 0 Å². The summed E-state index contributed by atoms with van der Waals surface area (Å²) in [5.41, 5.74) is 1.67. The van der Waals surface area contributed by atoms with Crippen molar-refractivity contribution in [3.8, 4) is 22.6 Å². The van der Waals surface area contributed by atoms with Crippen LogP contribution in [0.4, 0.5) is 5.82 Å². The molecule has 8 nitrogen and oxygen atoms in total. The largest absolute Gasteiger partial charge is 0.454 e. The molecule has 2 heterocycles. The summed E-state index contributed by atoms with van der Waals surface area (Å²) in [7, 11) is 1.62. The maximum absolute atomic E-state index is 11.9. The molecule has 0 saturated carbocycles. The molecule has 0 atom stereocenters. The number of nitrogens with zero attached hydrogens (tertiary/aromatic N) is 1. The van der Waals surface area contributed by atoms with Crippen LogP contribution < -0.4 is 20.1 Å². The summed E-state index contributed by atoms with van der Waals surface area (Å²) in [5, 5.41) is 12.6. The van der Waals surface area contributed by atoms with E-state index in [1.54, 1.807) is 13.3 Å². The van der Waals surface area contributed by atoms with Gasteiger partial charge in [0.15, 0.2) is 11.5 Å². The van der Waals surface area contributed by atoms with Gasteiger partial charge >= 0.3 is 0 Å². The van der Waals surface area contributed by atoms with E-state index in [9.17, 15) is 4.79 Å². The lowest BCUT2D eigenvalue weighted by molar-refractivity contribution is -0.115. The van der Waals surface area contributed by atoms with Crippen molar-refractivity contribution in [2.75, 3.05) is 38.9 Å². The van der Waals surface area contributed by atoms with E-state index in [0.717, 1.165) is 11.1 Å². The normalized spacial score (nSPS) is 11.9. The Morgan fingerprint density at radius 1 is 1.38 bits per heavy atom. The van der Waals surface area contributed by atoms with E-state index in [1.165, 1.54) is 0 Å². The summed E-state index contributed by atoms with van der Waals surface area (Å²) in [4.78, 5) is 11.9. The Morgan fingerprint density at radius 3 is 3.04 bits per heavy atom. The van der Waals surface area contributed by atoms with Crippen molar-refractivity contribution in [2.45, 2.75) is 0 Å². The van der Waals surface area contributed by atoms with Gasteiger partial charge < -0.3 is 24.8 Å². The van der Waals surface area contributed by atoms with Gasteiger partial charge in [-0.05, 0) is 17.7 Å². The number of carbonyl (C=O) groups excluding carboxylic acids is 1. The summed E-state index contributed by atoms with van der Waals surface area (Å²) >= 11 is 0. The highest BCUT2D eigenvalue weighted by atomic mass is 35.5. The molecule has 1 aromatic carbocycles. The average molecular weight is 355 g/mol. The minimum Gasteiger partial charge on any atom is -0.454 e. The number of fused-ring (bicyclic) bond motifs is 1. The molecule has 1 amide bonds. The number of hydrogen-bond donors (Lipinski definition) is 3. The number of carbonyl (C=O) groups is 1. The van der Waals surface area contributed by atoms with Crippen molar-refractivity contribution in [3.63, 3.8) is 0 Å². The van der Waals surface area contributed by atoms with Crippen molar-refractivity contribution in [1.29, 1.82) is 0 Å². The van der Waals surface area contributed by atoms with E-state index in [-0.39, 0.29) is 31.7 Å². The molecule has 0 aliphatic carbocycles. The van der Waals surface area contributed by atoms with Crippen LogP contribution >= 0.6 is 12.4 Å². The average Bonchev–Trinajstić information content (AvgIpc) is 3.19. The Balaban J connectivity index is 0.00000208. The van der Waals surface area contributed by atoms with Gasteiger partial charge in [-0.15, -0.1) is 12.4 Å². The maximum Gasteiger partial charge on any atom is 0.239 e. The van der Waals surface area contributed by atoms with Crippen LogP contribution in [0.3, 0.4) is 0 Å². The number of anilines is 1. The van der Waals surface area contributed by atoms with Crippen molar-refractivity contribution in [1.82, 2.24) is 15.5 Å². The molecule has 3 N–H and O–H groups in total. The first-order valence-electron chi connectivity index (χ1n) is 7.21. The van der Waals surface area contributed by atoms with Gasteiger partial charge in [0.2, 0.25) is 12.7 Å². The Morgan fingerprint density at radius 2 is 2.21 bits per heavy atom. The lowest BCUT2D eigenvalue weighted by Gasteiger charge is -2.07. The molecule has 3 rings (SSSR count). The summed E-state index contributed by atoms with van der Waals surface area (Å²) < 4.78 is 15.6. The van der Waals surface area contributed by atoms with Gasteiger partial charge in [-0.25, -0.2) is 0 Å². The van der Waals surface area contributed by atoms with E-state index >= 15 is 0 Å². The third-order valence-corrected chi connectivity index (χ3v) is 3.36. The number of aromatic nitrogens is 2. The molecule has 1 aliphatic rings. The number of rotatable bonds is 7. The highest BCUT2D eigenvalue weighted by molar-refractivity contribution is 5.95. The standard InChI is InChI=1S/C15H18N4O4.ClH/c1-21-5-4-16-8-14(20)18-15-11(7-17-19-15)10-2-3-12-13(6-10)23-9-22-12;/h2-3,6-7,16H,4-5,8-9H2,1H3,(H2,17,18,19,20);1H. The molecule has 1 aromatic heterocycles. The van der Waals surface area contributed by atoms with Gasteiger partial charge in [-0.1, -0.05) is 6.07 Å². The maximum atomic E-state index is 11.9. The number of nitrogens with one attached hydrogen (secondary N) is 3.